The van der Waals surface area contributed by atoms with Crippen LogP contribution in [0.4, 0.5) is 13.2 Å². The van der Waals surface area contributed by atoms with E-state index in [0.29, 0.717) is 5.01 Å². The minimum Gasteiger partial charge on any atom is -0.368 e. The molecular weight excluding hydrogens is 377 g/mol. The van der Waals surface area contributed by atoms with E-state index >= 15 is 0 Å². The molecule has 0 unspecified atom stereocenters. The highest BCUT2D eigenvalue weighted by Gasteiger charge is 2.57. The minimum absolute atomic E-state index is 0.142. The maximum atomic E-state index is 13.0. The molecule has 1 aromatic carbocycles. The first-order chi connectivity index (χ1) is 10.4. The number of rotatable bonds is 1. The summed E-state index contributed by atoms with van der Waals surface area (Å²) in [6, 6.07) is 6.09. The molecule has 0 radical (unpaired) electrons. The van der Waals surface area contributed by atoms with Crippen LogP contribution in [-0.2, 0) is 0 Å². The first kappa shape index (κ1) is 17.9. The van der Waals surface area contributed by atoms with Gasteiger partial charge in [-0.25, -0.2) is 0 Å². The van der Waals surface area contributed by atoms with Gasteiger partial charge in [0.05, 0.1) is 0 Å². The summed E-state index contributed by atoms with van der Waals surface area (Å²) in [6.07, 6.45) is -5.46. The molecule has 0 aliphatic carbocycles. The van der Waals surface area contributed by atoms with Crippen molar-refractivity contribution in [3.8, 4) is 0 Å². The molecule has 1 amide bonds. The van der Waals surface area contributed by atoms with Crippen LogP contribution in [0.5, 0.6) is 0 Å². The molecule has 126 valence electrons. The Morgan fingerprint density at radius 1 is 1.26 bits per heavy atom. The lowest BCUT2D eigenvalue weighted by atomic mass is 9.80. The average Bonchev–Trinajstić information content (AvgIpc) is 2.78. The molecular formula is C15H16BrF3N2O2. The van der Waals surface area contributed by atoms with Crippen molar-refractivity contribution < 1.29 is 23.1 Å². The molecule has 1 heterocycles. The van der Waals surface area contributed by atoms with Crippen LogP contribution in [0.1, 0.15) is 37.6 Å². The van der Waals surface area contributed by atoms with E-state index in [1.807, 2.05) is 0 Å². The van der Waals surface area contributed by atoms with Crippen LogP contribution in [-0.4, -0.2) is 33.6 Å². The van der Waals surface area contributed by atoms with E-state index in [-0.39, 0.29) is 5.56 Å². The van der Waals surface area contributed by atoms with Gasteiger partial charge in [0.1, 0.15) is 5.71 Å². The number of amides is 1. The van der Waals surface area contributed by atoms with E-state index in [1.54, 1.807) is 32.9 Å². The maximum absolute atomic E-state index is 13.0. The molecule has 0 saturated heterocycles. The van der Waals surface area contributed by atoms with Gasteiger partial charge in [0, 0.05) is 21.9 Å². The molecule has 0 bridgehead atoms. The number of carbonyl (C=O) groups is 1. The Labute approximate surface area is 140 Å². The van der Waals surface area contributed by atoms with Crippen molar-refractivity contribution in [1.29, 1.82) is 0 Å². The van der Waals surface area contributed by atoms with Gasteiger partial charge in [-0.2, -0.15) is 23.3 Å². The van der Waals surface area contributed by atoms with Crippen molar-refractivity contribution in [3.63, 3.8) is 0 Å². The van der Waals surface area contributed by atoms with Gasteiger partial charge in [0.15, 0.2) is 5.72 Å². The summed E-state index contributed by atoms with van der Waals surface area (Å²) in [6.45, 7) is 4.68. The topological polar surface area (TPSA) is 52.9 Å². The predicted octanol–water partition coefficient (Wildman–Crippen LogP) is 3.95. The SMILES string of the molecule is CC(C)(C)[C@]1(O)CC(C(F)(F)F)=NN1C(=O)c1ccc(Br)cc1. The molecule has 0 saturated carbocycles. The zero-order valence-corrected chi connectivity index (χ0v) is 14.4. The number of hydrogen-bond acceptors (Lipinski definition) is 3. The minimum atomic E-state index is -4.70. The van der Waals surface area contributed by atoms with Gasteiger partial charge in [0.25, 0.3) is 5.91 Å². The second-order valence-electron chi connectivity index (χ2n) is 6.41. The van der Waals surface area contributed by atoms with Crippen molar-refractivity contribution in [1.82, 2.24) is 5.01 Å². The number of aliphatic hydroxyl groups is 1. The van der Waals surface area contributed by atoms with Crippen molar-refractivity contribution in [3.05, 3.63) is 34.3 Å². The Morgan fingerprint density at radius 2 is 1.78 bits per heavy atom. The molecule has 4 nitrogen and oxygen atoms in total. The highest BCUT2D eigenvalue weighted by Crippen LogP contribution is 2.44. The number of carbonyl (C=O) groups excluding carboxylic acids is 1. The standard InChI is InChI=1S/C15H16BrF3N2O2/c1-13(2,3)14(23)8-11(15(17,18)19)20-21(14)12(22)9-4-6-10(16)7-5-9/h4-7,23H,8H2,1-3H3/t14-/m1/s1. The fourth-order valence-corrected chi connectivity index (χ4v) is 2.48. The van der Waals surface area contributed by atoms with Crippen molar-refractivity contribution >= 4 is 27.5 Å². The van der Waals surface area contributed by atoms with Crippen LogP contribution in [0.3, 0.4) is 0 Å². The van der Waals surface area contributed by atoms with Crippen molar-refractivity contribution in [2.75, 3.05) is 0 Å². The Hall–Kier alpha value is -1.41. The lowest BCUT2D eigenvalue weighted by Crippen LogP contribution is -2.55. The number of hydrazone groups is 1. The molecule has 1 aliphatic rings. The van der Waals surface area contributed by atoms with E-state index in [2.05, 4.69) is 21.0 Å². The zero-order valence-electron chi connectivity index (χ0n) is 12.8. The molecule has 1 aromatic rings. The van der Waals surface area contributed by atoms with Crippen molar-refractivity contribution in [2.45, 2.75) is 39.1 Å². The number of halogens is 4. The molecule has 23 heavy (non-hydrogen) atoms. The lowest BCUT2D eigenvalue weighted by molar-refractivity contribution is -0.144. The Bertz CT molecular complexity index is 650. The Balaban J connectivity index is 2.48. The summed E-state index contributed by atoms with van der Waals surface area (Å²) in [4.78, 5) is 12.6. The van der Waals surface area contributed by atoms with Gasteiger partial charge in [-0.3, -0.25) is 4.79 Å². The molecule has 2 rings (SSSR count). The first-order valence-corrected chi connectivity index (χ1v) is 7.63. The summed E-state index contributed by atoms with van der Waals surface area (Å²) in [7, 11) is 0. The quantitative estimate of drug-likeness (QED) is 0.786. The summed E-state index contributed by atoms with van der Waals surface area (Å²) < 4.78 is 39.7. The summed E-state index contributed by atoms with van der Waals surface area (Å²) in [5.74, 6) is -0.783. The van der Waals surface area contributed by atoms with Crippen LogP contribution in [0, 0.1) is 5.41 Å². The van der Waals surface area contributed by atoms with Gasteiger partial charge >= 0.3 is 6.18 Å². The van der Waals surface area contributed by atoms with Crippen LogP contribution >= 0.6 is 15.9 Å². The molecule has 0 aromatic heterocycles. The smallest absolute Gasteiger partial charge is 0.368 e. The molecule has 1 aliphatic heterocycles. The van der Waals surface area contributed by atoms with E-state index in [4.69, 9.17) is 0 Å². The van der Waals surface area contributed by atoms with Gasteiger partial charge < -0.3 is 5.11 Å². The van der Waals surface area contributed by atoms with Crippen molar-refractivity contribution in [2.24, 2.45) is 10.5 Å². The third-order valence-electron chi connectivity index (χ3n) is 3.80. The third kappa shape index (κ3) is 3.28. The number of benzene rings is 1. The average molecular weight is 393 g/mol. The lowest BCUT2D eigenvalue weighted by Gasteiger charge is -2.41. The normalized spacial score (nSPS) is 22.3. The second kappa shape index (κ2) is 5.59. The summed E-state index contributed by atoms with van der Waals surface area (Å²) in [5, 5.41) is 14.7. The van der Waals surface area contributed by atoms with E-state index < -0.39 is 35.4 Å². The van der Waals surface area contributed by atoms with Gasteiger partial charge in [-0.05, 0) is 24.3 Å². The van der Waals surface area contributed by atoms with E-state index in [1.165, 1.54) is 12.1 Å². The third-order valence-corrected chi connectivity index (χ3v) is 4.33. The van der Waals surface area contributed by atoms with Crippen LogP contribution in [0.25, 0.3) is 0 Å². The van der Waals surface area contributed by atoms with E-state index in [0.717, 1.165) is 4.47 Å². The number of nitrogens with zero attached hydrogens (tertiary/aromatic N) is 2. The molecule has 0 spiro atoms. The zero-order chi connectivity index (χ0) is 17.6. The fourth-order valence-electron chi connectivity index (χ4n) is 2.22. The fraction of sp³-hybridized carbons (Fsp3) is 0.467. The molecule has 1 atom stereocenters. The largest absolute Gasteiger partial charge is 0.431 e. The summed E-state index contributed by atoms with van der Waals surface area (Å²) >= 11 is 3.22. The molecule has 1 N–H and O–H groups in total. The number of alkyl halides is 3. The highest BCUT2D eigenvalue weighted by molar-refractivity contribution is 9.10. The molecule has 0 fully saturated rings. The predicted molar refractivity (Wildman–Crippen MR) is 82.8 cm³/mol. The molecule has 8 heteroatoms. The second-order valence-corrected chi connectivity index (χ2v) is 7.33. The van der Waals surface area contributed by atoms with Crippen LogP contribution in [0.15, 0.2) is 33.8 Å². The highest BCUT2D eigenvalue weighted by atomic mass is 79.9. The monoisotopic (exact) mass is 392 g/mol. The summed E-state index contributed by atoms with van der Waals surface area (Å²) in [5.41, 5.74) is -4.10. The van der Waals surface area contributed by atoms with Gasteiger partial charge in [-0.1, -0.05) is 36.7 Å². The Kier molecular flexibility index (Phi) is 4.36. The van der Waals surface area contributed by atoms with Gasteiger partial charge in [-0.15, -0.1) is 0 Å². The van der Waals surface area contributed by atoms with Gasteiger partial charge in [0.2, 0.25) is 0 Å². The maximum Gasteiger partial charge on any atom is 0.431 e. The van der Waals surface area contributed by atoms with Crippen LogP contribution in [0.2, 0.25) is 0 Å². The van der Waals surface area contributed by atoms with E-state index in [9.17, 15) is 23.1 Å². The number of hydrogen-bond donors (Lipinski definition) is 1. The Morgan fingerprint density at radius 3 is 2.22 bits per heavy atom. The first-order valence-electron chi connectivity index (χ1n) is 6.83. The van der Waals surface area contributed by atoms with Crippen LogP contribution < -0.4 is 0 Å².